The lowest BCUT2D eigenvalue weighted by molar-refractivity contribution is -0.131. The molecule has 0 aliphatic carbocycles. The molecule has 6 heteroatoms. The Morgan fingerprint density at radius 3 is 2.86 bits per heavy atom. The van der Waals surface area contributed by atoms with Crippen LogP contribution in [0.15, 0.2) is 36.8 Å². The van der Waals surface area contributed by atoms with E-state index in [0.29, 0.717) is 24.3 Å². The van der Waals surface area contributed by atoms with Crippen LogP contribution < -0.4 is 10.1 Å². The lowest BCUT2D eigenvalue weighted by Gasteiger charge is -2.06. The van der Waals surface area contributed by atoms with Crippen molar-refractivity contribution in [1.82, 2.24) is 14.9 Å². The second-order valence-electron chi connectivity index (χ2n) is 4.66. The first-order valence-electron chi connectivity index (χ1n) is 6.58. The van der Waals surface area contributed by atoms with E-state index >= 15 is 0 Å². The van der Waals surface area contributed by atoms with Crippen LogP contribution in [-0.4, -0.2) is 28.0 Å². The number of imidazole rings is 1. The van der Waals surface area contributed by atoms with Gasteiger partial charge in [0, 0.05) is 38.7 Å². The molecule has 6 nitrogen and oxygen atoms in total. The van der Waals surface area contributed by atoms with Crippen molar-refractivity contribution in [3.63, 3.8) is 0 Å². The third-order valence-corrected chi connectivity index (χ3v) is 2.78. The number of hydrogen-bond donors (Lipinski definition) is 1. The highest BCUT2D eigenvalue weighted by Crippen LogP contribution is 2.13. The van der Waals surface area contributed by atoms with Crippen LogP contribution in [0.2, 0.25) is 0 Å². The minimum Gasteiger partial charge on any atom is -0.427 e. The topological polar surface area (TPSA) is 73.2 Å². The number of nitrogens with one attached hydrogen (secondary N) is 1. The number of ether oxygens (including phenoxy) is 1. The predicted molar refractivity (Wildman–Crippen MR) is 77.0 cm³/mol. The summed E-state index contributed by atoms with van der Waals surface area (Å²) in [6.07, 6.45) is 4.30. The zero-order valence-electron chi connectivity index (χ0n) is 12.0. The van der Waals surface area contributed by atoms with Gasteiger partial charge in [0.05, 0.1) is 12.0 Å². The molecule has 2 aromatic rings. The van der Waals surface area contributed by atoms with E-state index in [9.17, 15) is 9.59 Å². The molecule has 0 aliphatic rings. The van der Waals surface area contributed by atoms with Gasteiger partial charge < -0.3 is 14.6 Å². The van der Waals surface area contributed by atoms with Crippen LogP contribution >= 0.6 is 0 Å². The fraction of sp³-hybridized carbons (Fsp3) is 0.267. The maximum absolute atomic E-state index is 12.0. The minimum atomic E-state index is -0.414. The first-order valence-corrected chi connectivity index (χ1v) is 6.58. The lowest BCUT2D eigenvalue weighted by atomic mass is 10.2. The van der Waals surface area contributed by atoms with Gasteiger partial charge >= 0.3 is 5.97 Å². The third-order valence-electron chi connectivity index (χ3n) is 2.78. The molecule has 110 valence electrons. The zero-order valence-corrected chi connectivity index (χ0v) is 12.0. The summed E-state index contributed by atoms with van der Waals surface area (Å²) >= 11 is 0. The monoisotopic (exact) mass is 287 g/mol. The number of rotatable bonds is 5. The molecule has 0 unspecified atom stereocenters. The molecule has 2 rings (SSSR count). The SMILES string of the molecule is CC(=O)Oc1cccc(C(=O)NCCc2cn(C)cn2)c1. The highest BCUT2D eigenvalue weighted by Gasteiger charge is 2.07. The summed E-state index contributed by atoms with van der Waals surface area (Å²) in [5.41, 5.74) is 1.38. The van der Waals surface area contributed by atoms with Gasteiger partial charge in [0.1, 0.15) is 5.75 Å². The van der Waals surface area contributed by atoms with Crippen molar-refractivity contribution < 1.29 is 14.3 Å². The van der Waals surface area contributed by atoms with Crippen LogP contribution in [0.3, 0.4) is 0 Å². The van der Waals surface area contributed by atoms with Gasteiger partial charge in [-0.15, -0.1) is 0 Å². The van der Waals surface area contributed by atoms with E-state index in [1.54, 1.807) is 24.5 Å². The second kappa shape index (κ2) is 6.69. The maximum Gasteiger partial charge on any atom is 0.308 e. The quantitative estimate of drug-likeness (QED) is 0.665. The smallest absolute Gasteiger partial charge is 0.308 e. The largest absolute Gasteiger partial charge is 0.427 e. The van der Waals surface area contributed by atoms with Gasteiger partial charge in [0.15, 0.2) is 0 Å². The van der Waals surface area contributed by atoms with Gasteiger partial charge in [-0.05, 0) is 18.2 Å². The number of esters is 1. The Morgan fingerprint density at radius 1 is 1.38 bits per heavy atom. The Morgan fingerprint density at radius 2 is 2.19 bits per heavy atom. The Labute approximate surface area is 122 Å². The fourth-order valence-corrected chi connectivity index (χ4v) is 1.87. The second-order valence-corrected chi connectivity index (χ2v) is 4.66. The molecule has 0 radical (unpaired) electrons. The van der Waals surface area contributed by atoms with E-state index < -0.39 is 5.97 Å². The Hall–Kier alpha value is -2.63. The maximum atomic E-state index is 12.0. The van der Waals surface area contributed by atoms with Gasteiger partial charge in [-0.25, -0.2) is 4.98 Å². The van der Waals surface area contributed by atoms with Crippen LogP contribution in [0.1, 0.15) is 23.0 Å². The van der Waals surface area contributed by atoms with Crippen LogP contribution in [0.4, 0.5) is 0 Å². The van der Waals surface area contributed by atoms with Crippen molar-refractivity contribution in [2.24, 2.45) is 7.05 Å². The molecule has 0 aliphatic heterocycles. The molecule has 0 fully saturated rings. The van der Waals surface area contributed by atoms with Crippen LogP contribution in [0, 0.1) is 0 Å². The Balaban J connectivity index is 1.89. The van der Waals surface area contributed by atoms with E-state index in [-0.39, 0.29) is 5.91 Å². The lowest BCUT2D eigenvalue weighted by Crippen LogP contribution is -2.25. The highest BCUT2D eigenvalue weighted by atomic mass is 16.5. The first kappa shape index (κ1) is 14.8. The molecule has 0 spiro atoms. The van der Waals surface area contributed by atoms with Gasteiger partial charge in [-0.3, -0.25) is 9.59 Å². The van der Waals surface area contributed by atoms with E-state index in [2.05, 4.69) is 10.3 Å². The fourth-order valence-electron chi connectivity index (χ4n) is 1.87. The minimum absolute atomic E-state index is 0.208. The molecule has 1 aromatic heterocycles. The Kier molecular flexibility index (Phi) is 4.71. The molecule has 1 amide bonds. The van der Waals surface area contributed by atoms with E-state index in [1.165, 1.54) is 13.0 Å². The van der Waals surface area contributed by atoms with E-state index in [0.717, 1.165) is 5.69 Å². The summed E-state index contributed by atoms with van der Waals surface area (Å²) < 4.78 is 6.81. The molecular weight excluding hydrogens is 270 g/mol. The van der Waals surface area contributed by atoms with Gasteiger partial charge in [-0.2, -0.15) is 0 Å². The summed E-state index contributed by atoms with van der Waals surface area (Å²) in [7, 11) is 1.90. The number of hydrogen-bond acceptors (Lipinski definition) is 4. The Bertz CT molecular complexity index is 649. The average molecular weight is 287 g/mol. The van der Waals surface area contributed by atoms with Crippen molar-refractivity contribution in [2.45, 2.75) is 13.3 Å². The molecule has 1 N–H and O–H groups in total. The summed E-state index contributed by atoms with van der Waals surface area (Å²) in [6.45, 7) is 1.81. The molecule has 0 saturated heterocycles. The van der Waals surface area contributed by atoms with Crippen LogP contribution in [0.5, 0.6) is 5.75 Å². The zero-order chi connectivity index (χ0) is 15.2. The van der Waals surface area contributed by atoms with E-state index in [1.807, 2.05) is 17.8 Å². The number of amides is 1. The molecule has 0 atom stereocenters. The number of carbonyl (C=O) groups is 2. The van der Waals surface area contributed by atoms with Crippen molar-refractivity contribution in [3.05, 3.63) is 48.0 Å². The predicted octanol–water partition coefficient (Wildman–Crippen LogP) is 1.32. The van der Waals surface area contributed by atoms with Gasteiger partial charge in [-0.1, -0.05) is 6.07 Å². The molecule has 1 heterocycles. The van der Waals surface area contributed by atoms with Crippen molar-refractivity contribution in [2.75, 3.05) is 6.54 Å². The number of aromatic nitrogens is 2. The average Bonchev–Trinajstić information content (AvgIpc) is 2.84. The molecular formula is C15H17N3O3. The molecule has 0 saturated carbocycles. The molecule has 1 aromatic carbocycles. The standard InChI is InChI=1S/C15H17N3O3/c1-11(19)21-14-5-3-4-12(8-14)15(20)16-7-6-13-9-18(2)10-17-13/h3-5,8-10H,6-7H2,1-2H3,(H,16,20). The van der Waals surface area contributed by atoms with Crippen LogP contribution in [-0.2, 0) is 18.3 Å². The van der Waals surface area contributed by atoms with E-state index in [4.69, 9.17) is 4.74 Å². The van der Waals surface area contributed by atoms with Crippen molar-refractivity contribution >= 4 is 11.9 Å². The summed E-state index contributed by atoms with van der Waals surface area (Å²) in [6, 6.07) is 6.51. The molecule has 0 bridgehead atoms. The van der Waals surface area contributed by atoms with Gasteiger partial charge in [0.25, 0.3) is 5.91 Å². The third kappa shape index (κ3) is 4.45. The van der Waals surface area contributed by atoms with Crippen LogP contribution in [0.25, 0.3) is 0 Å². The number of aryl methyl sites for hydroxylation is 1. The van der Waals surface area contributed by atoms with Gasteiger partial charge in [0.2, 0.25) is 0 Å². The normalized spacial score (nSPS) is 10.2. The number of nitrogens with zero attached hydrogens (tertiary/aromatic N) is 2. The van der Waals surface area contributed by atoms with Crippen molar-refractivity contribution in [1.29, 1.82) is 0 Å². The highest BCUT2D eigenvalue weighted by molar-refractivity contribution is 5.94. The van der Waals surface area contributed by atoms with Crippen molar-refractivity contribution in [3.8, 4) is 5.75 Å². The number of carbonyl (C=O) groups excluding carboxylic acids is 2. The number of benzene rings is 1. The summed E-state index contributed by atoms with van der Waals surface area (Å²) in [4.78, 5) is 27.1. The summed E-state index contributed by atoms with van der Waals surface area (Å²) in [5, 5.41) is 2.81. The molecule has 21 heavy (non-hydrogen) atoms. The summed E-state index contributed by atoms with van der Waals surface area (Å²) in [5.74, 6) is -0.262. The first-order chi connectivity index (χ1) is 10.0.